The Bertz CT molecular complexity index is 1050. The van der Waals surface area contributed by atoms with Crippen LogP contribution < -0.4 is 5.32 Å². The van der Waals surface area contributed by atoms with Crippen molar-refractivity contribution >= 4 is 40.0 Å². The van der Waals surface area contributed by atoms with Crippen molar-refractivity contribution in [1.82, 2.24) is 19.5 Å². The van der Waals surface area contributed by atoms with Crippen molar-refractivity contribution in [3.05, 3.63) is 42.5 Å². The van der Waals surface area contributed by atoms with Gasteiger partial charge in [-0.15, -0.1) is 0 Å². The number of fused-ring (bicyclic) bond motifs is 1. The SMILES string of the molecule is OCC1OC(n2cnc3c(Nc4ccc(CN=C=S)cc4)ncnc32)C(O)C1O. The second-order valence-electron chi connectivity index (χ2n) is 6.50. The average molecular weight is 414 g/mol. The molecule has 0 spiro atoms. The molecule has 4 atom stereocenters. The van der Waals surface area contributed by atoms with Crippen LogP contribution in [0.2, 0.25) is 0 Å². The lowest BCUT2D eigenvalue weighted by atomic mass is 10.1. The topological polar surface area (TPSA) is 138 Å². The van der Waals surface area contributed by atoms with Gasteiger partial charge in [-0.2, -0.15) is 0 Å². The average Bonchev–Trinajstić information content (AvgIpc) is 3.29. The molecular formula is C18H18N6O4S. The van der Waals surface area contributed by atoms with Gasteiger partial charge in [-0.1, -0.05) is 12.1 Å². The summed E-state index contributed by atoms with van der Waals surface area (Å²) in [7, 11) is 0. The molecule has 0 amide bonds. The molecule has 1 aliphatic rings. The summed E-state index contributed by atoms with van der Waals surface area (Å²) in [5.41, 5.74) is 2.68. The number of aliphatic imine (C=N–C) groups is 1. The number of anilines is 2. The molecule has 11 heteroatoms. The molecule has 0 saturated carbocycles. The summed E-state index contributed by atoms with van der Waals surface area (Å²) in [4.78, 5) is 16.7. The lowest BCUT2D eigenvalue weighted by molar-refractivity contribution is -0.0511. The second-order valence-corrected chi connectivity index (χ2v) is 6.69. The first-order valence-electron chi connectivity index (χ1n) is 8.82. The first-order valence-corrected chi connectivity index (χ1v) is 9.22. The smallest absolute Gasteiger partial charge is 0.167 e. The Morgan fingerprint density at radius 2 is 1.97 bits per heavy atom. The van der Waals surface area contributed by atoms with E-state index < -0.39 is 31.1 Å². The highest BCUT2D eigenvalue weighted by Gasteiger charge is 2.44. The minimum atomic E-state index is -1.22. The summed E-state index contributed by atoms with van der Waals surface area (Å²) < 4.78 is 7.07. The summed E-state index contributed by atoms with van der Waals surface area (Å²) in [6.07, 6.45) is -1.41. The first-order chi connectivity index (χ1) is 14.1. The van der Waals surface area contributed by atoms with E-state index in [-0.39, 0.29) is 0 Å². The Morgan fingerprint density at radius 3 is 2.66 bits per heavy atom. The molecule has 0 radical (unpaired) electrons. The van der Waals surface area contributed by atoms with Crippen LogP contribution in [0.3, 0.4) is 0 Å². The third kappa shape index (κ3) is 3.75. The Balaban J connectivity index is 1.60. The molecule has 1 aromatic carbocycles. The van der Waals surface area contributed by atoms with Crippen LogP contribution in [0.1, 0.15) is 11.8 Å². The van der Waals surface area contributed by atoms with Gasteiger partial charge in [0.25, 0.3) is 0 Å². The molecule has 2 aromatic heterocycles. The highest BCUT2D eigenvalue weighted by atomic mass is 32.1. The number of imidazole rings is 1. The molecule has 4 rings (SSSR count). The van der Waals surface area contributed by atoms with Crippen molar-refractivity contribution in [2.75, 3.05) is 11.9 Å². The first kappa shape index (κ1) is 19.5. The van der Waals surface area contributed by atoms with Crippen LogP contribution in [-0.2, 0) is 11.3 Å². The van der Waals surface area contributed by atoms with E-state index in [2.05, 4.69) is 42.6 Å². The zero-order valence-electron chi connectivity index (χ0n) is 15.1. The number of aromatic nitrogens is 4. The van der Waals surface area contributed by atoms with Crippen molar-refractivity contribution < 1.29 is 20.1 Å². The summed E-state index contributed by atoms with van der Waals surface area (Å²) in [6.45, 7) is 0.0608. The van der Waals surface area contributed by atoms with Gasteiger partial charge in [0.05, 0.1) is 24.6 Å². The number of aliphatic hydroxyl groups excluding tert-OH is 3. The molecule has 1 aliphatic heterocycles. The van der Waals surface area contributed by atoms with Crippen molar-refractivity contribution in [1.29, 1.82) is 0 Å². The number of ether oxygens (including phenoxy) is 1. The fraction of sp³-hybridized carbons (Fsp3) is 0.333. The molecule has 29 heavy (non-hydrogen) atoms. The van der Waals surface area contributed by atoms with Crippen molar-refractivity contribution in [2.24, 2.45) is 4.99 Å². The van der Waals surface area contributed by atoms with Gasteiger partial charge in [0.1, 0.15) is 24.6 Å². The molecule has 4 unspecified atom stereocenters. The number of aliphatic hydroxyl groups is 3. The molecule has 0 aliphatic carbocycles. The van der Waals surface area contributed by atoms with E-state index >= 15 is 0 Å². The lowest BCUT2D eigenvalue weighted by Gasteiger charge is -2.16. The van der Waals surface area contributed by atoms with Crippen LogP contribution in [0.5, 0.6) is 0 Å². The Morgan fingerprint density at radius 1 is 1.17 bits per heavy atom. The second kappa shape index (κ2) is 8.29. The Hall–Kier alpha value is -2.79. The van der Waals surface area contributed by atoms with E-state index in [0.29, 0.717) is 23.5 Å². The van der Waals surface area contributed by atoms with E-state index in [4.69, 9.17) is 4.74 Å². The molecule has 0 bridgehead atoms. The fourth-order valence-electron chi connectivity index (χ4n) is 3.19. The van der Waals surface area contributed by atoms with Gasteiger partial charge in [-0.25, -0.2) is 19.9 Å². The normalized spacial score (nSPS) is 23.8. The zero-order valence-corrected chi connectivity index (χ0v) is 15.9. The van der Waals surface area contributed by atoms with Crippen LogP contribution in [0, 0.1) is 0 Å². The molecule has 3 heterocycles. The monoisotopic (exact) mass is 414 g/mol. The standard InChI is InChI=1S/C18H18N6O4S/c25-6-12-14(26)15(27)18(28-12)24-8-22-13-16(20-7-21-17(13)24)23-11-3-1-10(2-4-11)5-19-9-29/h1-4,7-8,12,14-15,18,25-27H,5-6H2,(H,20,21,23). The van der Waals surface area contributed by atoms with Crippen LogP contribution >= 0.6 is 12.2 Å². The van der Waals surface area contributed by atoms with Crippen LogP contribution in [0.25, 0.3) is 11.2 Å². The van der Waals surface area contributed by atoms with Crippen LogP contribution in [-0.4, -0.2) is 64.9 Å². The summed E-state index contributed by atoms with van der Waals surface area (Å²) in [6, 6.07) is 7.58. The van der Waals surface area contributed by atoms with E-state index in [1.54, 1.807) is 0 Å². The van der Waals surface area contributed by atoms with E-state index in [1.807, 2.05) is 24.3 Å². The lowest BCUT2D eigenvalue weighted by Crippen LogP contribution is -2.33. The number of hydrogen-bond acceptors (Lipinski definition) is 10. The van der Waals surface area contributed by atoms with Crippen LogP contribution in [0.4, 0.5) is 11.5 Å². The van der Waals surface area contributed by atoms with Crippen molar-refractivity contribution in [3.63, 3.8) is 0 Å². The van der Waals surface area contributed by atoms with Gasteiger partial charge in [-0.05, 0) is 29.9 Å². The van der Waals surface area contributed by atoms with E-state index in [1.165, 1.54) is 17.2 Å². The molecule has 4 N–H and O–H groups in total. The number of thiocarbonyl (C=S) groups is 1. The summed E-state index contributed by atoms with van der Waals surface area (Å²) in [5, 5.41) is 35.1. The summed E-state index contributed by atoms with van der Waals surface area (Å²) in [5.74, 6) is 0.477. The zero-order chi connectivity index (χ0) is 20.4. The van der Waals surface area contributed by atoms with Gasteiger partial charge in [-0.3, -0.25) is 4.57 Å². The summed E-state index contributed by atoms with van der Waals surface area (Å²) >= 11 is 4.57. The van der Waals surface area contributed by atoms with Gasteiger partial charge in [0.2, 0.25) is 0 Å². The maximum Gasteiger partial charge on any atom is 0.167 e. The third-order valence-electron chi connectivity index (χ3n) is 4.69. The predicted octanol–water partition coefficient (Wildman–Crippen LogP) is 0.784. The quantitative estimate of drug-likeness (QED) is 0.340. The third-order valence-corrected chi connectivity index (χ3v) is 4.82. The van der Waals surface area contributed by atoms with E-state index in [9.17, 15) is 15.3 Å². The van der Waals surface area contributed by atoms with Gasteiger partial charge in [0, 0.05) is 5.69 Å². The van der Waals surface area contributed by atoms with Crippen molar-refractivity contribution in [3.8, 4) is 0 Å². The number of isothiocyanates is 1. The maximum atomic E-state index is 10.3. The number of nitrogens with one attached hydrogen (secondary N) is 1. The number of benzene rings is 1. The highest BCUT2D eigenvalue weighted by molar-refractivity contribution is 7.78. The van der Waals surface area contributed by atoms with Crippen molar-refractivity contribution in [2.45, 2.75) is 31.1 Å². The molecule has 3 aromatic rings. The predicted molar refractivity (Wildman–Crippen MR) is 107 cm³/mol. The number of nitrogens with zero attached hydrogens (tertiary/aromatic N) is 5. The molecule has 1 fully saturated rings. The molecule has 1 saturated heterocycles. The minimum absolute atomic E-state index is 0.408. The van der Waals surface area contributed by atoms with Gasteiger partial charge in [0.15, 0.2) is 23.2 Å². The molecular weight excluding hydrogens is 396 g/mol. The number of hydrogen-bond donors (Lipinski definition) is 4. The van der Waals surface area contributed by atoms with Gasteiger partial charge >= 0.3 is 0 Å². The highest BCUT2D eigenvalue weighted by Crippen LogP contribution is 2.32. The Labute approximate surface area is 170 Å². The molecule has 150 valence electrons. The van der Waals surface area contributed by atoms with Crippen LogP contribution in [0.15, 0.2) is 41.9 Å². The largest absolute Gasteiger partial charge is 0.394 e. The number of rotatable bonds is 6. The van der Waals surface area contributed by atoms with E-state index in [0.717, 1.165) is 11.3 Å². The Kier molecular flexibility index (Phi) is 5.58. The molecule has 10 nitrogen and oxygen atoms in total. The maximum absolute atomic E-state index is 10.3. The fourth-order valence-corrected chi connectivity index (χ4v) is 3.26. The minimum Gasteiger partial charge on any atom is -0.394 e. The van der Waals surface area contributed by atoms with Gasteiger partial charge < -0.3 is 25.4 Å².